The maximum Gasteiger partial charge on any atom is 0.255 e. The maximum absolute atomic E-state index is 12.5. The number of carbonyl (C=O) groups is 1. The van der Waals surface area contributed by atoms with Crippen molar-refractivity contribution >= 4 is 34.8 Å². The van der Waals surface area contributed by atoms with Gasteiger partial charge in [-0.15, -0.1) is 0 Å². The quantitative estimate of drug-likeness (QED) is 0.562. The lowest BCUT2D eigenvalue weighted by Crippen LogP contribution is -2.13. The SMILES string of the molecule is CCCCCOc1c(Cl)cc(C(=O)Nc2ccc(C)cc2C)cc1Cl. The molecule has 0 aliphatic rings. The fraction of sp³-hybridized carbons (Fsp3) is 0.350. The average Bonchev–Trinajstić information content (AvgIpc) is 2.55. The van der Waals surface area contributed by atoms with Gasteiger partial charge < -0.3 is 10.1 Å². The molecule has 0 radical (unpaired) electrons. The third-order valence-electron chi connectivity index (χ3n) is 3.88. The molecule has 0 atom stereocenters. The van der Waals surface area contributed by atoms with Crippen molar-refractivity contribution in [3.05, 3.63) is 57.1 Å². The number of halogens is 2. The van der Waals surface area contributed by atoms with Crippen LogP contribution >= 0.6 is 23.2 Å². The highest BCUT2D eigenvalue weighted by molar-refractivity contribution is 6.37. The second kappa shape index (κ2) is 9.12. The third-order valence-corrected chi connectivity index (χ3v) is 4.45. The lowest BCUT2D eigenvalue weighted by atomic mass is 10.1. The number of rotatable bonds is 7. The molecule has 0 aliphatic carbocycles. The van der Waals surface area contributed by atoms with Crippen molar-refractivity contribution in [2.24, 2.45) is 0 Å². The topological polar surface area (TPSA) is 38.3 Å². The number of ether oxygens (including phenoxy) is 1. The number of hydrogen-bond donors (Lipinski definition) is 1. The largest absolute Gasteiger partial charge is 0.490 e. The molecule has 0 heterocycles. The highest BCUT2D eigenvalue weighted by atomic mass is 35.5. The molecule has 0 spiro atoms. The standard InChI is InChI=1S/C20H23Cl2NO2/c1-4-5-6-9-25-19-16(21)11-15(12-17(19)22)20(24)23-18-8-7-13(2)10-14(18)3/h7-8,10-12H,4-6,9H2,1-3H3,(H,23,24). The van der Waals surface area contributed by atoms with Gasteiger partial charge in [-0.1, -0.05) is 60.7 Å². The first-order valence-corrected chi connectivity index (χ1v) is 9.18. The zero-order valence-electron chi connectivity index (χ0n) is 14.8. The summed E-state index contributed by atoms with van der Waals surface area (Å²) in [5.41, 5.74) is 3.31. The van der Waals surface area contributed by atoms with Crippen LogP contribution in [-0.4, -0.2) is 12.5 Å². The molecule has 1 amide bonds. The second-order valence-corrected chi connectivity index (χ2v) is 6.91. The molecule has 2 aromatic carbocycles. The number of aryl methyl sites for hydroxylation is 2. The first-order chi connectivity index (χ1) is 11.9. The molecule has 0 saturated carbocycles. The van der Waals surface area contributed by atoms with E-state index in [1.165, 1.54) is 0 Å². The van der Waals surface area contributed by atoms with Gasteiger partial charge >= 0.3 is 0 Å². The molecule has 0 aromatic heterocycles. The zero-order valence-corrected chi connectivity index (χ0v) is 16.3. The van der Waals surface area contributed by atoms with Crippen LogP contribution in [-0.2, 0) is 0 Å². The Labute approximate surface area is 159 Å². The Bertz CT molecular complexity index is 736. The Balaban J connectivity index is 2.12. The molecular formula is C20H23Cl2NO2. The molecule has 0 aliphatic heterocycles. The normalized spacial score (nSPS) is 10.6. The van der Waals surface area contributed by atoms with E-state index >= 15 is 0 Å². The van der Waals surface area contributed by atoms with Gasteiger partial charge in [-0.05, 0) is 44.0 Å². The summed E-state index contributed by atoms with van der Waals surface area (Å²) in [4.78, 5) is 12.5. The maximum atomic E-state index is 12.5. The van der Waals surface area contributed by atoms with Gasteiger partial charge in [-0.2, -0.15) is 0 Å². The van der Waals surface area contributed by atoms with Crippen LogP contribution in [0.3, 0.4) is 0 Å². The van der Waals surface area contributed by atoms with Gasteiger partial charge in [0.05, 0.1) is 16.7 Å². The Morgan fingerprint density at radius 2 is 1.76 bits per heavy atom. The van der Waals surface area contributed by atoms with Crippen LogP contribution in [0.25, 0.3) is 0 Å². The molecule has 0 unspecified atom stereocenters. The Hall–Kier alpha value is -1.71. The zero-order chi connectivity index (χ0) is 18.4. The molecule has 25 heavy (non-hydrogen) atoms. The summed E-state index contributed by atoms with van der Waals surface area (Å²) in [5.74, 6) is 0.177. The molecule has 1 N–H and O–H groups in total. The molecule has 0 saturated heterocycles. The lowest BCUT2D eigenvalue weighted by Gasteiger charge is -2.13. The molecule has 2 aromatic rings. The third kappa shape index (κ3) is 5.38. The smallest absolute Gasteiger partial charge is 0.255 e. The van der Waals surface area contributed by atoms with E-state index in [1.54, 1.807) is 12.1 Å². The second-order valence-electron chi connectivity index (χ2n) is 6.10. The van der Waals surface area contributed by atoms with Gasteiger partial charge in [0, 0.05) is 11.3 Å². The Morgan fingerprint density at radius 3 is 2.36 bits per heavy atom. The molecule has 3 nitrogen and oxygen atoms in total. The lowest BCUT2D eigenvalue weighted by molar-refractivity contribution is 0.102. The predicted octanol–water partition coefficient (Wildman–Crippen LogP) is 6.43. The number of amides is 1. The van der Waals surface area contributed by atoms with E-state index in [1.807, 2.05) is 32.0 Å². The summed E-state index contributed by atoms with van der Waals surface area (Å²) in [6, 6.07) is 9.03. The first-order valence-electron chi connectivity index (χ1n) is 8.42. The van der Waals surface area contributed by atoms with Crippen molar-refractivity contribution < 1.29 is 9.53 Å². The van der Waals surface area contributed by atoms with Crippen LogP contribution in [0.4, 0.5) is 5.69 Å². The summed E-state index contributed by atoms with van der Waals surface area (Å²) in [6.07, 6.45) is 3.14. The van der Waals surface area contributed by atoms with Crippen molar-refractivity contribution in [1.29, 1.82) is 0 Å². The van der Waals surface area contributed by atoms with Crippen molar-refractivity contribution in [3.63, 3.8) is 0 Å². The predicted molar refractivity (Wildman–Crippen MR) is 105 cm³/mol. The fourth-order valence-electron chi connectivity index (χ4n) is 2.50. The van der Waals surface area contributed by atoms with Crippen LogP contribution in [0.2, 0.25) is 10.0 Å². The average molecular weight is 380 g/mol. The summed E-state index contributed by atoms with van der Waals surface area (Å²) in [5, 5.41) is 3.58. The number of carbonyl (C=O) groups excluding carboxylic acids is 1. The summed E-state index contributed by atoms with van der Waals surface area (Å²) in [6.45, 7) is 6.65. The Kier molecular flexibility index (Phi) is 7.15. The molecular weight excluding hydrogens is 357 g/mol. The van der Waals surface area contributed by atoms with Gasteiger partial charge in [0.1, 0.15) is 0 Å². The highest BCUT2D eigenvalue weighted by Crippen LogP contribution is 2.34. The van der Waals surface area contributed by atoms with E-state index < -0.39 is 0 Å². The van der Waals surface area contributed by atoms with Gasteiger partial charge in [-0.25, -0.2) is 0 Å². The van der Waals surface area contributed by atoms with Crippen molar-refractivity contribution in [1.82, 2.24) is 0 Å². The van der Waals surface area contributed by atoms with Gasteiger partial charge in [0.25, 0.3) is 5.91 Å². The van der Waals surface area contributed by atoms with E-state index in [9.17, 15) is 4.79 Å². The minimum absolute atomic E-state index is 0.256. The Morgan fingerprint density at radius 1 is 1.08 bits per heavy atom. The monoisotopic (exact) mass is 379 g/mol. The number of benzene rings is 2. The number of nitrogens with one attached hydrogen (secondary N) is 1. The fourth-order valence-corrected chi connectivity index (χ4v) is 3.10. The minimum Gasteiger partial charge on any atom is -0.490 e. The van der Waals surface area contributed by atoms with Crippen LogP contribution in [0.15, 0.2) is 30.3 Å². The minimum atomic E-state index is -0.256. The van der Waals surface area contributed by atoms with E-state index in [0.29, 0.717) is 28.0 Å². The van der Waals surface area contributed by atoms with E-state index in [4.69, 9.17) is 27.9 Å². The highest BCUT2D eigenvalue weighted by Gasteiger charge is 2.15. The van der Waals surface area contributed by atoms with E-state index in [0.717, 1.165) is 36.1 Å². The van der Waals surface area contributed by atoms with Crippen LogP contribution in [0.5, 0.6) is 5.75 Å². The number of hydrogen-bond acceptors (Lipinski definition) is 2. The summed E-state index contributed by atoms with van der Waals surface area (Å²) < 4.78 is 5.66. The summed E-state index contributed by atoms with van der Waals surface area (Å²) in [7, 11) is 0. The van der Waals surface area contributed by atoms with Crippen LogP contribution in [0.1, 0.15) is 47.7 Å². The molecule has 134 valence electrons. The van der Waals surface area contributed by atoms with Crippen LogP contribution in [0, 0.1) is 13.8 Å². The number of unbranched alkanes of at least 4 members (excludes halogenated alkanes) is 2. The van der Waals surface area contributed by atoms with Gasteiger partial charge in [-0.3, -0.25) is 4.79 Å². The first kappa shape index (κ1) is 19.6. The van der Waals surface area contributed by atoms with Gasteiger partial charge in [0.2, 0.25) is 0 Å². The van der Waals surface area contributed by atoms with Crippen molar-refractivity contribution in [3.8, 4) is 5.75 Å². The van der Waals surface area contributed by atoms with Gasteiger partial charge in [0.15, 0.2) is 5.75 Å². The van der Waals surface area contributed by atoms with Crippen molar-refractivity contribution in [2.75, 3.05) is 11.9 Å². The summed E-state index contributed by atoms with van der Waals surface area (Å²) >= 11 is 12.5. The number of anilines is 1. The molecule has 0 fully saturated rings. The van der Waals surface area contributed by atoms with Crippen LogP contribution < -0.4 is 10.1 Å². The van der Waals surface area contributed by atoms with Crippen molar-refractivity contribution in [2.45, 2.75) is 40.0 Å². The van der Waals surface area contributed by atoms with E-state index in [-0.39, 0.29) is 5.91 Å². The molecule has 2 rings (SSSR count). The van der Waals surface area contributed by atoms with E-state index in [2.05, 4.69) is 12.2 Å². The molecule has 0 bridgehead atoms. The molecule has 5 heteroatoms.